The second kappa shape index (κ2) is 9.11. The number of carbonyl (C=O) groups excluding carboxylic acids is 2. The van der Waals surface area contributed by atoms with Crippen molar-refractivity contribution in [1.82, 2.24) is 10.2 Å². The van der Waals surface area contributed by atoms with Gasteiger partial charge in [-0.1, -0.05) is 78.0 Å². The minimum Gasteiger partial charge on any atom is -0.339 e. The predicted octanol–water partition coefficient (Wildman–Crippen LogP) is 4.68. The van der Waals surface area contributed by atoms with E-state index in [1.165, 1.54) is 17.8 Å². The summed E-state index contributed by atoms with van der Waals surface area (Å²) in [5, 5.41) is 3.49. The first-order valence-corrected chi connectivity index (χ1v) is 10.7. The molecule has 1 unspecified atom stereocenters. The van der Waals surface area contributed by atoms with E-state index in [2.05, 4.69) is 5.32 Å². The maximum absolute atomic E-state index is 13.2. The third-order valence-electron chi connectivity index (χ3n) is 4.55. The van der Waals surface area contributed by atoms with Crippen molar-refractivity contribution < 1.29 is 9.59 Å². The van der Waals surface area contributed by atoms with Gasteiger partial charge in [0.25, 0.3) is 5.91 Å². The van der Waals surface area contributed by atoms with Gasteiger partial charge >= 0.3 is 0 Å². The molecule has 150 valence electrons. The highest BCUT2D eigenvalue weighted by molar-refractivity contribution is 8.24. The standard InChI is InChI=1S/C22H21ClN2O2S2/c1-22(2)19(24-18(26)13-10-15-6-4-3-5-7-15)20(27)25(21(28)29-22)14-16-8-11-17(23)12-9-16/h3-13,19H,14H2,1-2H3,(H,24,26)/b13-10+. The molecule has 7 heteroatoms. The summed E-state index contributed by atoms with van der Waals surface area (Å²) in [5.74, 6) is -0.532. The van der Waals surface area contributed by atoms with E-state index in [0.717, 1.165) is 11.1 Å². The van der Waals surface area contributed by atoms with Gasteiger partial charge in [-0.05, 0) is 43.2 Å². The highest BCUT2D eigenvalue weighted by Crippen LogP contribution is 2.37. The number of rotatable bonds is 5. The normalized spacial score (nSPS) is 18.9. The number of nitrogens with zero attached hydrogens (tertiary/aromatic N) is 1. The highest BCUT2D eigenvalue weighted by atomic mass is 35.5. The number of carbonyl (C=O) groups is 2. The van der Waals surface area contributed by atoms with Gasteiger partial charge in [0.05, 0.1) is 6.54 Å². The third-order valence-corrected chi connectivity index (χ3v) is 6.43. The van der Waals surface area contributed by atoms with E-state index < -0.39 is 10.8 Å². The van der Waals surface area contributed by atoms with Crippen molar-refractivity contribution in [3.05, 3.63) is 76.8 Å². The smallest absolute Gasteiger partial charge is 0.252 e. The summed E-state index contributed by atoms with van der Waals surface area (Å²) in [6.45, 7) is 4.16. The Hall–Kier alpha value is -2.15. The van der Waals surface area contributed by atoms with Gasteiger partial charge in [0.1, 0.15) is 10.4 Å². The average molecular weight is 445 g/mol. The Morgan fingerprint density at radius 3 is 2.52 bits per heavy atom. The molecule has 1 heterocycles. The van der Waals surface area contributed by atoms with E-state index in [1.807, 2.05) is 56.3 Å². The number of thiocarbonyl (C=S) groups is 1. The van der Waals surface area contributed by atoms with Crippen LogP contribution in [0.1, 0.15) is 25.0 Å². The van der Waals surface area contributed by atoms with Crippen LogP contribution in [0.3, 0.4) is 0 Å². The molecule has 0 saturated carbocycles. The molecule has 29 heavy (non-hydrogen) atoms. The lowest BCUT2D eigenvalue weighted by molar-refractivity contribution is -0.133. The van der Waals surface area contributed by atoms with E-state index in [-0.39, 0.29) is 11.8 Å². The summed E-state index contributed by atoms with van der Waals surface area (Å²) >= 11 is 12.8. The van der Waals surface area contributed by atoms with Gasteiger partial charge in [-0.2, -0.15) is 0 Å². The second-order valence-electron chi connectivity index (χ2n) is 7.21. The largest absolute Gasteiger partial charge is 0.339 e. The van der Waals surface area contributed by atoms with Crippen molar-refractivity contribution in [2.24, 2.45) is 0 Å². The van der Waals surface area contributed by atoms with Gasteiger partial charge in [0.2, 0.25) is 5.91 Å². The number of halogens is 1. The molecular formula is C22H21ClN2O2S2. The Bertz CT molecular complexity index is 943. The van der Waals surface area contributed by atoms with Crippen LogP contribution >= 0.6 is 35.6 Å². The molecule has 2 aromatic carbocycles. The molecule has 1 aliphatic rings. The lowest BCUT2D eigenvalue weighted by Crippen LogP contribution is -2.61. The molecule has 0 aromatic heterocycles. The molecular weight excluding hydrogens is 424 g/mol. The van der Waals surface area contributed by atoms with Gasteiger partial charge in [-0.3, -0.25) is 14.5 Å². The summed E-state index contributed by atoms with van der Waals surface area (Å²) < 4.78 is -0.0544. The maximum atomic E-state index is 13.2. The summed E-state index contributed by atoms with van der Waals surface area (Å²) in [5.41, 5.74) is 1.83. The Morgan fingerprint density at radius 1 is 1.21 bits per heavy atom. The van der Waals surface area contributed by atoms with E-state index in [1.54, 1.807) is 23.1 Å². The lowest BCUT2D eigenvalue weighted by atomic mass is 10.0. The molecule has 0 aliphatic carbocycles. The Labute approximate surface area is 185 Å². The van der Waals surface area contributed by atoms with E-state index in [0.29, 0.717) is 15.9 Å². The molecule has 1 aliphatic heterocycles. The summed E-state index contributed by atoms with van der Waals surface area (Å²) in [4.78, 5) is 27.2. The third kappa shape index (κ3) is 5.47. The zero-order valence-electron chi connectivity index (χ0n) is 16.1. The number of hydrogen-bond acceptors (Lipinski definition) is 4. The zero-order chi connectivity index (χ0) is 21.0. The lowest BCUT2D eigenvalue weighted by Gasteiger charge is -2.42. The molecule has 2 aromatic rings. The minimum absolute atomic E-state index is 0.213. The number of thioether (sulfide) groups is 1. The molecule has 1 N–H and O–H groups in total. The quantitative estimate of drug-likeness (QED) is 0.537. The van der Waals surface area contributed by atoms with Crippen molar-refractivity contribution in [2.75, 3.05) is 0 Å². The van der Waals surface area contributed by atoms with Crippen LogP contribution in [0.2, 0.25) is 5.02 Å². The monoisotopic (exact) mass is 444 g/mol. The molecule has 0 radical (unpaired) electrons. The Balaban J connectivity index is 1.74. The van der Waals surface area contributed by atoms with Gasteiger partial charge in [0.15, 0.2) is 0 Å². The number of benzene rings is 2. The van der Waals surface area contributed by atoms with Crippen LogP contribution < -0.4 is 5.32 Å². The fourth-order valence-corrected chi connectivity index (χ4v) is 4.88. The number of hydrogen-bond donors (Lipinski definition) is 1. The molecule has 4 nitrogen and oxygen atoms in total. The molecule has 1 fully saturated rings. The zero-order valence-corrected chi connectivity index (χ0v) is 18.5. The molecule has 1 atom stereocenters. The minimum atomic E-state index is -0.695. The van der Waals surface area contributed by atoms with Gasteiger partial charge in [0, 0.05) is 15.8 Å². The van der Waals surface area contributed by atoms with Crippen LogP contribution in [0.15, 0.2) is 60.7 Å². The van der Waals surface area contributed by atoms with Gasteiger partial charge in [-0.25, -0.2) is 0 Å². The van der Waals surface area contributed by atoms with Crippen LogP contribution in [0.4, 0.5) is 0 Å². The summed E-state index contributed by atoms with van der Waals surface area (Å²) in [6, 6.07) is 16.1. The van der Waals surface area contributed by atoms with Crippen molar-refractivity contribution in [2.45, 2.75) is 31.2 Å². The first-order chi connectivity index (χ1) is 13.8. The number of amides is 2. The first-order valence-electron chi connectivity index (χ1n) is 9.09. The highest BCUT2D eigenvalue weighted by Gasteiger charge is 2.46. The van der Waals surface area contributed by atoms with Crippen LogP contribution in [0, 0.1) is 0 Å². The summed E-state index contributed by atoms with van der Waals surface area (Å²) in [6.07, 6.45) is 3.17. The van der Waals surface area contributed by atoms with Crippen molar-refractivity contribution in [3.8, 4) is 0 Å². The molecule has 0 bridgehead atoms. The van der Waals surface area contributed by atoms with Crippen LogP contribution in [-0.2, 0) is 16.1 Å². The predicted molar refractivity (Wildman–Crippen MR) is 124 cm³/mol. The fraction of sp³-hybridized carbons (Fsp3) is 0.227. The SMILES string of the molecule is CC1(C)SC(=S)N(Cc2ccc(Cl)cc2)C(=O)C1NC(=O)/C=C/c1ccccc1. The van der Waals surface area contributed by atoms with Crippen LogP contribution in [-0.4, -0.2) is 31.8 Å². The molecule has 2 amide bonds. The second-order valence-corrected chi connectivity index (χ2v) is 9.93. The fourth-order valence-electron chi connectivity index (χ4n) is 2.96. The van der Waals surface area contributed by atoms with Crippen LogP contribution in [0.5, 0.6) is 0 Å². The van der Waals surface area contributed by atoms with Crippen molar-refractivity contribution in [1.29, 1.82) is 0 Å². The summed E-state index contributed by atoms with van der Waals surface area (Å²) in [7, 11) is 0. The van der Waals surface area contributed by atoms with Gasteiger partial charge < -0.3 is 5.32 Å². The first kappa shape index (κ1) is 21.6. The van der Waals surface area contributed by atoms with Crippen molar-refractivity contribution in [3.63, 3.8) is 0 Å². The van der Waals surface area contributed by atoms with E-state index in [4.69, 9.17) is 23.8 Å². The van der Waals surface area contributed by atoms with Gasteiger partial charge in [-0.15, -0.1) is 0 Å². The molecule has 0 spiro atoms. The maximum Gasteiger partial charge on any atom is 0.252 e. The van der Waals surface area contributed by atoms with E-state index >= 15 is 0 Å². The Morgan fingerprint density at radius 2 is 1.86 bits per heavy atom. The van der Waals surface area contributed by atoms with E-state index in [9.17, 15) is 9.59 Å². The topological polar surface area (TPSA) is 49.4 Å². The Kier molecular flexibility index (Phi) is 6.77. The molecule has 3 rings (SSSR count). The molecule has 1 saturated heterocycles. The van der Waals surface area contributed by atoms with Crippen LogP contribution in [0.25, 0.3) is 6.08 Å². The number of nitrogens with one attached hydrogen (secondary N) is 1. The average Bonchev–Trinajstić information content (AvgIpc) is 2.69. The van der Waals surface area contributed by atoms with Crippen molar-refractivity contribution >= 4 is 57.8 Å².